The van der Waals surface area contributed by atoms with Gasteiger partial charge in [-0.15, -0.1) is 0 Å². The highest BCUT2D eigenvalue weighted by atomic mass is 16.6. The minimum absolute atomic E-state index is 0.0573. The standard InChI is InChI=1S/C27H32N6O5/c1-17-28-25(16-26(29-17)32(2)3)30-18-5-7-19(8-6-18)31-27(34)23-15-20(33(35)36)9-14-24(23)38-22-12-10-21(37-4)11-13-22/h9-16,18-19H,5-8H2,1-4H3,(H,31,34)(H,28,29,30). The Labute approximate surface area is 221 Å². The van der Waals surface area contributed by atoms with Gasteiger partial charge >= 0.3 is 0 Å². The maximum Gasteiger partial charge on any atom is 0.270 e. The van der Waals surface area contributed by atoms with E-state index in [4.69, 9.17) is 9.47 Å². The molecule has 1 fully saturated rings. The van der Waals surface area contributed by atoms with E-state index in [0.29, 0.717) is 17.3 Å². The molecule has 0 aliphatic heterocycles. The zero-order valence-electron chi connectivity index (χ0n) is 21.9. The van der Waals surface area contributed by atoms with Crippen LogP contribution < -0.4 is 25.0 Å². The van der Waals surface area contributed by atoms with Gasteiger partial charge in [0, 0.05) is 44.4 Å². The summed E-state index contributed by atoms with van der Waals surface area (Å²) in [7, 11) is 5.44. The minimum Gasteiger partial charge on any atom is -0.497 e. The zero-order chi connectivity index (χ0) is 27.2. The molecule has 3 aromatic rings. The number of rotatable bonds is 9. The highest BCUT2D eigenvalue weighted by Gasteiger charge is 2.25. The molecule has 1 aromatic heterocycles. The number of hydrogen-bond donors (Lipinski definition) is 2. The van der Waals surface area contributed by atoms with E-state index in [9.17, 15) is 14.9 Å². The zero-order valence-corrected chi connectivity index (χ0v) is 21.9. The molecule has 11 nitrogen and oxygen atoms in total. The number of nitro groups is 1. The Bertz CT molecular complexity index is 1290. The first-order valence-corrected chi connectivity index (χ1v) is 12.4. The van der Waals surface area contributed by atoms with Crippen LogP contribution in [0.25, 0.3) is 0 Å². The van der Waals surface area contributed by atoms with Gasteiger partial charge in [-0.3, -0.25) is 14.9 Å². The molecule has 38 heavy (non-hydrogen) atoms. The molecular formula is C27H32N6O5. The molecule has 0 bridgehead atoms. The van der Waals surface area contributed by atoms with E-state index in [1.807, 2.05) is 32.0 Å². The average molecular weight is 521 g/mol. The van der Waals surface area contributed by atoms with Gasteiger partial charge in [0.25, 0.3) is 11.6 Å². The molecule has 0 saturated heterocycles. The monoisotopic (exact) mass is 520 g/mol. The molecule has 0 unspecified atom stereocenters. The maximum absolute atomic E-state index is 13.2. The number of nitro benzene ring substituents is 1. The number of nitrogens with zero attached hydrogens (tertiary/aromatic N) is 4. The first-order valence-electron chi connectivity index (χ1n) is 12.4. The molecule has 1 aliphatic rings. The van der Waals surface area contributed by atoms with Crippen molar-refractivity contribution in [2.75, 3.05) is 31.4 Å². The Kier molecular flexibility index (Phi) is 8.25. The lowest BCUT2D eigenvalue weighted by molar-refractivity contribution is -0.384. The number of ether oxygens (including phenoxy) is 2. The van der Waals surface area contributed by atoms with Crippen LogP contribution in [-0.4, -0.2) is 54.1 Å². The van der Waals surface area contributed by atoms with E-state index in [0.717, 1.165) is 37.3 Å². The molecule has 0 radical (unpaired) electrons. The summed E-state index contributed by atoms with van der Waals surface area (Å²) in [5, 5.41) is 17.9. The highest BCUT2D eigenvalue weighted by molar-refractivity contribution is 5.98. The second-order valence-electron chi connectivity index (χ2n) is 9.43. The summed E-state index contributed by atoms with van der Waals surface area (Å²) in [5.74, 6) is 3.30. The number of hydrogen-bond acceptors (Lipinski definition) is 9. The van der Waals surface area contributed by atoms with Gasteiger partial charge in [0.1, 0.15) is 34.7 Å². The molecule has 2 N–H and O–H groups in total. The number of carbonyl (C=O) groups is 1. The number of amides is 1. The predicted octanol–water partition coefficient (Wildman–Crippen LogP) is 4.71. The molecule has 11 heteroatoms. The SMILES string of the molecule is COc1ccc(Oc2ccc([N+](=O)[O-])cc2C(=O)NC2CCC(Nc3cc(N(C)C)nc(C)n3)CC2)cc1. The van der Waals surface area contributed by atoms with Crippen LogP contribution in [0.1, 0.15) is 41.9 Å². The molecule has 200 valence electrons. The maximum atomic E-state index is 13.2. The average Bonchev–Trinajstić information content (AvgIpc) is 2.90. The molecule has 1 saturated carbocycles. The summed E-state index contributed by atoms with van der Waals surface area (Å²) in [6, 6.07) is 13.0. The molecule has 1 amide bonds. The third-order valence-corrected chi connectivity index (χ3v) is 6.40. The first-order chi connectivity index (χ1) is 18.2. The van der Waals surface area contributed by atoms with Crippen LogP contribution in [-0.2, 0) is 0 Å². The predicted molar refractivity (Wildman–Crippen MR) is 144 cm³/mol. The summed E-state index contributed by atoms with van der Waals surface area (Å²) in [6.07, 6.45) is 3.21. The topological polar surface area (TPSA) is 132 Å². The van der Waals surface area contributed by atoms with Gasteiger partial charge in [0.15, 0.2) is 0 Å². The fraction of sp³-hybridized carbons (Fsp3) is 0.370. The van der Waals surface area contributed by atoms with E-state index in [1.54, 1.807) is 31.4 Å². The summed E-state index contributed by atoms with van der Waals surface area (Å²) in [6.45, 7) is 1.87. The van der Waals surface area contributed by atoms with Gasteiger partial charge in [-0.05, 0) is 62.9 Å². The first kappa shape index (κ1) is 26.6. The Balaban J connectivity index is 1.41. The molecule has 0 atom stereocenters. The third-order valence-electron chi connectivity index (χ3n) is 6.40. The Morgan fingerprint density at radius 1 is 1.00 bits per heavy atom. The van der Waals surface area contributed by atoms with Crippen LogP contribution in [0, 0.1) is 17.0 Å². The second-order valence-corrected chi connectivity index (χ2v) is 9.43. The van der Waals surface area contributed by atoms with E-state index in [2.05, 4.69) is 20.6 Å². The van der Waals surface area contributed by atoms with Crippen LogP contribution >= 0.6 is 0 Å². The third kappa shape index (κ3) is 6.67. The van der Waals surface area contributed by atoms with Gasteiger partial charge in [-0.1, -0.05) is 0 Å². The van der Waals surface area contributed by atoms with E-state index in [-0.39, 0.29) is 29.1 Å². The van der Waals surface area contributed by atoms with Gasteiger partial charge in [0.2, 0.25) is 0 Å². The van der Waals surface area contributed by atoms with Crippen molar-refractivity contribution >= 4 is 23.2 Å². The van der Waals surface area contributed by atoms with Crippen molar-refractivity contribution in [2.24, 2.45) is 0 Å². The molecular weight excluding hydrogens is 488 g/mol. The van der Waals surface area contributed by atoms with Crippen molar-refractivity contribution in [3.63, 3.8) is 0 Å². The van der Waals surface area contributed by atoms with Crippen molar-refractivity contribution in [3.05, 3.63) is 70.0 Å². The minimum atomic E-state index is -0.526. The lowest BCUT2D eigenvalue weighted by Crippen LogP contribution is -2.40. The number of non-ortho nitro benzene ring substituents is 1. The van der Waals surface area contributed by atoms with Crippen molar-refractivity contribution in [2.45, 2.75) is 44.7 Å². The Hall–Kier alpha value is -4.41. The van der Waals surface area contributed by atoms with Crippen LogP contribution in [0.3, 0.4) is 0 Å². The normalized spacial score (nSPS) is 16.8. The van der Waals surface area contributed by atoms with Crippen molar-refractivity contribution in [1.82, 2.24) is 15.3 Å². The van der Waals surface area contributed by atoms with E-state index < -0.39 is 10.8 Å². The van der Waals surface area contributed by atoms with Gasteiger partial charge < -0.3 is 25.0 Å². The van der Waals surface area contributed by atoms with Gasteiger partial charge in [-0.25, -0.2) is 9.97 Å². The highest BCUT2D eigenvalue weighted by Crippen LogP contribution is 2.31. The second kappa shape index (κ2) is 11.8. The number of anilines is 2. The van der Waals surface area contributed by atoms with Gasteiger partial charge in [0.05, 0.1) is 17.6 Å². The largest absolute Gasteiger partial charge is 0.497 e. The number of benzene rings is 2. The number of aromatic nitrogens is 2. The molecule has 1 aliphatic carbocycles. The summed E-state index contributed by atoms with van der Waals surface area (Å²) < 4.78 is 11.1. The number of aryl methyl sites for hydroxylation is 1. The summed E-state index contributed by atoms with van der Waals surface area (Å²) >= 11 is 0. The fourth-order valence-corrected chi connectivity index (χ4v) is 4.38. The summed E-state index contributed by atoms with van der Waals surface area (Å²) in [4.78, 5) is 34.9. The molecule has 2 aromatic carbocycles. The quantitative estimate of drug-likeness (QED) is 0.304. The van der Waals surface area contributed by atoms with Crippen LogP contribution in [0.5, 0.6) is 17.2 Å². The van der Waals surface area contributed by atoms with Gasteiger partial charge in [-0.2, -0.15) is 0 Å². The van der Waals surface area contributed by atoms with Crippen LogP contribution in [0.15, 0.2) is 48.5 Å². The number of methoxy groups -OCH3 is 1. The summed E-state index contributed by atoms with van der Waals surface area (Å²) in [5.41, 5.74) is -0.0645. The lowest BCUT2D eigenvalue weighted by atomic mass is 9.91. The van der Waals surface area contributed by atoms with Crippen molar-refractivity contribution in [1.29, 1.82) is 0 Å². The van der Waals surface area contributed by atoms with Crippen LogP contribution in [0.2, 0.25) is 0 Å². The van der Waals surface area contributed by atoms with E-state index in [1.165, 1.54) is 18.2 Å². The van der Waals surface area contributed by atoms with Crippen LogP contribution in [0.4, 0.5) is 17.3 Å². The Morgan fingerprint density at radius 3 is 2.29 bits per heavy atom. The van der Waals surface area contributed by atoms with Crippen molar-refractivity contribution in [3.8, 4) is 17.2 Å². The van der Waals surface area contributed by atoms with Crippen molar-refractivity contribution < 1.29 is 19.2 Å². The number of carbonyl (C=O) groups excluding carboxylic acids is 1. The Morgan fingerprint density at radius 2 is 1.66 bits per heavy atom. The lowest BCUT2D eigenvalue weighted by Gasteiger charge is -2.30. The molecule has 1 heterocycles. The smallest absolute Gasteiger partial charge is 0.270 e. The van der Waals surface area contributed by atoms with E-state index >= 15 is 0 Å². The molecule has 0 spiro atoms. The fourth-order valence-electron chi connectivity index (χ4n) is 4.38. The number of nitrogens with one attached hydrogen (secondary N) is 2. The molecule has 4 rings (SSSR count).